The summed E-state index contributed by atoms with van der Waals surface area (Å²) in [6.07, 6.45) is 9.38. The predicted octanol–water partition coefficient (Wildman–Crippen LogP) is 2.30. The fraction of sp³-hybridized carbons (Fsp3) is 0.667. The zero-order valence-electron chi connectivity index (χ0n) is 16.0. The van der Waals surface area contributed by atoms with Crippen molar-refractivity contribution in [3.05, 3.63) is 23.9 Å². The smallest absolute Gasteiger partial charge is 0.234 e. The number of imide groups is 1. The Labute approximate surface area is 161 Å². The van der Waals surface area contributed by atoms with Crippen LogP contribution in [0.2, 0.25) is 0 Å². The minimum Gasteiger partial charge on any atom is -0.357 e. The second kappa shape index (κ2) is 8.38. The van der Waals surface area contributed by atoms with Gasteiger partial charge < -0.3 is 9.80 Å². The van der Waals surface area contributed by atoms with Gasteiger partial charge in [0.05, 0.1) is 5.92 Å². The predicted molar refractivity (Wildman–Crippen MR) is 105 cm³/mol. The number of carbonyl (C=O) groups is 2. The number of aromatic nitrogens is 1. The first-order chi connectivity index (χ1) is 13.2. The number of pyridine rings is 1. The highest BCUT2D eigenvalue weighted by atomic mass is 16.2. The standard InChI is InChI=1S/C21H30N4O2/c26-20-7-5-18(21(27)23-20)17-4-6-19(22-14-17)25-12-8-16(9-13-25)15-24-10-2-1-3-11-24/h4,6,14,16,18H,1-3,5,7-13,15H2,(H,23,26,27). The van der Waals surface area contributed by atoms with Gasteiger partial charge in [0.15, 0.2) is 0 Å². The summed E-state index contributed by atoms with van der Waals surface area (Å²) in [5.41, 5.74) is 0.906. The van der Waals surface area contributed by atoms with Crippen molar-refractivity contribution in [3.63, 3.8) is 0 Å². The van der Waals surface area contributed by atoms with E-state index in [1.807, 2.05) is 18.3 Å². The van der Waals surface area contributed by atoms with Crippen LogP contribution in [0.25, 0.3) is 0 Å². The average Bonchev–Trinajstić information content (AvgIpc) is 2.70. The van der Waals surface area contributed by atoms with Gasteiger partial charge in [0.25, 0.3) is 0 Å². The Morgan fingerprint density at radius 3 is 2.44 bits per heavy atom. The summed E-state index contributed by atoms with van der Waals surface area (Å²) in [5.74, 6) is 1.19. The molecule has 0 aromatic carbocycles. The van der Waals surface area contributed by atoms with E-state index in [1.165, 1.54) is 51.7 Å². The molecular formula is C21H30N4O2. The average molecular weight is 370 g/mol. The van der Waals surface area contributed by atoms with Gasteiger partial charge in [0.2, 0.25) is 11.8 Å². The van der Waals surface area contributed by atoms with Crippen LogP contribution in [-0.4, -0.2) is 54.4 Å². The van der Waals surface area contributed by atoms with E-state index >= 15 is 0 Å². The number of likely N-dealkylation sites (tertiary alicyclic amines) is 1. The van der Waals surface area contributed by atoms with Gasteiger partial charge in [0.1, 0.15) is 5.82 Å². The zero-order chi connectivity index (χ0) is 18.6. The molecule has 1 N–H and O–H groups in total. The minimum atomic E-state index is -0.250. The fourth-order valence-electron chi connectivity index (χ4n) is 4.65. The van der Waals surface area contributed by atoms with Crippen LogP contribution in [0.3, 0.4) is 0 Å². The van der Waals surface area contributed by atoms with Crippen LogP contribution in [0.1, 0.15) is 56.4 Å². The largest absolute Gasteiger partial charge is 0.357 e. The summed E-state index contributed by atoms with van der Waals surface area (Å²) < 4.78 is 0. The van der Waals surface area contributed by atoms with Crippen molar-refractivity contribution in [1.29, 1.82) is 0 Å². The van der Waals surface area contributed by atoms with Crippen molar-refractivity contribution in [1.82, 2.24) is 15.2 Å². The Hall–Kier alpha value is -1.95. The fourth-order valence-corrected chi connectivity index (χ4v) is 4.65. The first-order valence-corrected chi connectivity index (χ1v) is 10.5. The lowest BCUT2D eigenvalue weighted by atomic mass is 9.91. The summed E-state index contributed by atoms with van der Waals surface area (Å²) in [7, 11) is 0. The van der Waals surface area contributed by atoms with Gasteiger partial charge in [-0.25, -0.2) is 4.98 Å². The first kappa shape index (κ1) is 18.4. The summed E-state index contributed by atoms with van der Waals surface area (Å²) in [6.45, 7) is 5.94. The number of carbonyl (C=O) groups excluding carboxylic acids is 2. The number of nitrogens with one attached hydrogen (secondary N) is 1. The minimum absolute atomic E-state index is 0.173. The second-order valence-corrected chi connectivity index (χ2v) is 8.25. The van der Waals surface area contributed by atoms with Crippen LogP contribution in [0, 0.1) is 5.92 Å². The maximum Gasteiger partial charge on any atom is 0.234 e. The molecule has 0 spiro atoms. The molecule has 3 aliphatic rings. The highest BCUT2D eigenvalue weighted by Crippen LogP contribution is 2.27. The Morgan fingerprint density at radius 2 is 1.78 bits per heavy atom. The molecule has 6 nitrogen and oxygen atoms in total. The van der Waals surface area contributed by atoms with Crippen LogP contribution < -0.4 is 10.2 Å². The third-order valence-corrected chi connectivity index (χ3v) is 6.32. The maximum atomic E-state index is 12.0. The molecule has 146 valence electrons. The molecular weight excluding hydrogens is 340 g/mol. The monoisotopic (exact) mass is 370 g/mol. The zero-order valence-corrected chi connectivity index (χ0v) is 16.0. The quantitative estimate of drug-likeness (QED) is 0.824. The normalized spacial score (nSPS) is 25.5. The molecule has 6 heteroatoms. The van der Waals surface area contributed by atoms with E-state index < -0.39 is 0 Å². The Balaban J connectivity index is 1.29. The SMILES string of the molecule is O=C1CCC(c2ccc(N3CCC(CN4CCCCC4)CC3)nc2)C(=O)N1. The molecule has 1 unspecified atom stereocenters. The van der Waals surface area contributed by atoms with Gasteiger partial charge >= 0.3 is 0 Å². The van der Waals surface area contributed by atoms with Crippen molar-refractivity contribution >= 4 is 17.6 Å². The van der Waals surface area contributed by atoms with Crippen LogP contribution in [0.4, 0.5) is 5.82 Å². The van der Waals surface area contributed by atoms with Gasteiger partial charge in [0, 0.05) is 32.3 Å². The highest BCUT2D eigenvalue weighted by Gasteiger charge is 2.28. The van der Waals surface area contributed by atoms with Crippen LogP contribution in [-0.2, 0) is 9.59 Å². The molecule has 3 fully saturated rings. The molecule has 1 aromatic rings. The molecule has 2 amide bonds. The second-order valence-electron chi connectivity index (χ2n) is 8.25. The molecule has 4 heterocycles. The Bertz CT molecular complexity index is 661. The molecule has 0 aliphatic carbocycles. The van der Waals surface area contributed by atoms with E-state index in [4.69, 9.17) is 0 Å². The van der Waals surface area contributed by atoms with Crippen LogP contribution >= 0.6 is 0 Å². The summed E-state index contributed by atoms with van der Waals surface area (Å²) in [6, 6.07) is 4.03. The number of anilines is 1. The summed E-state index contributed by atoms with van der Waals surface area (Å²) in [5, 5.41) is 2.42. The number of piperidine rings is 3. The van der Waals surface area contributed by atoms with Gasteiger partial charge in [-0.3, -0.25) is 14.9 Å². The maximum absolute atomic E-state index is 12.0. The lowest BCUT2D eigenvalue weighted by Gasteiger charge is -2.36. The molecule has 0 radical (unpaired) electrons. The molecule has 3 aliphatic heterocycles. The number of rotatable bonds is 4. The highest BCUT2D eigenvalue weighted by molar-refractivity contribution is 6.00. The lowest BCUT2D eigenvalue weighted by Crippen LogP contribution is -2.40. The first-order valence-electron chi connectivity index (χ1n) is 10.5. The van der Waals surface area contributed by atoms with E-state index in [0.29, 0.717) is 12.8 Å². The van der Waals surface area contributed by atoms with Crippen molar-refractivity contribution in [3.8, 4) is 0 Å². The lowest BCUT2D eigenvalue weighted by molar-refractivity contribution is -0.134. The molecule has 27 heavy (non-hydrogen) atoms. The number of hydrogen-bond donors (Lipinski definition) is 1. The van der Waals surface area contributed by atoms with E-state index in [2.05, 4.69) is 20.1 Å². The van der Waals surface area contributed by atoms with E-state index in [-0.39, 0.29) is 17.7 Å². The van der Waals surface area contributed by atoms with Crippen molar-refractivity contribution in [2.45, 2.75) is 50.9 Å². The van der Waals surface area contributed by atoms with Crippen LogP contribution in [0.15, 0.2) is 18.3 Å². The van der Waals surface area contributed by atoms with Gasteiger partial charge in [-0.05, 0) is 62.7 Å². The molecule has 4 rings (SSSR count). The van der Waals surface area contributed by atoms with Gasteiger partial charge in [-0.15, -0.1) is 0 Å². The van der Waals surface area contributed by atoms with Gasteiger partial charge in [-0.1, -0.05) is 12.5 Å². The molecule has 1 aromatic heterocycles. The van der Waals surface area contributed by atoms with Crippen LogP contribution in [0.5, 0.6) is 0 Å². The molecule has 0 bridgehead atoms. The summed E-state index contributed by atoms with van der Waals surface area (Å²) >= 11 is 0. The molecule has 3 saturated heterocycles. The van der Waals surface area contributed by atoms with E-state index in [9.17, 15) is 9.59 Å². The third kappa shape index (κ3) is 4.49. The number of amides is 2. The summed E-state index contributed by atoms with van der Waals surface area (Å²) in [4.78, 5) is 33.0. The van der Waals surface area contributed by atoms with Crippen molar-refractivity contribution < 1.29 is 9.59 Å². The van der Waals surface area contributed by atoms with Crippen molar-refractivity contribution in [2.24, 2.45) is 5.92 Å². The van der Waals surface area contributed by atoms with Gasteiger partial charge in [-0.2, -0.15) is 0 Å². The van der Waals surface area contributed by atoms with E-state index in [0.717, 1.165) is 30.4 Å². The Kier molecular flexibility index (Phi) is 5.72. The number of hydrogen-bond acceptors (Lipinski definition) is 5. The molecule has 1 atom stereocenters. The number of nitrogens with zero attached hydrogens (tertiary/aromatic N) is 3. The Morgan fingerprint density at radius 1 is 1.00 bits per heavy atom. The third-order valence-electron chi connectivity index (χ3n) is 6.32. The molecule has 0 saturated carbocycles. The van der Waals surface area contributed by atoms with E-state index in [1.54, 1.807) is 0 Å². The van der Waals surface area contributed by atoms with Crippen molar-refractivity contribution in [2.75, 3.05) is 37.6 Å². The topological polar surface area (TPSA) is 65.5 Å².